The normalized spacial score (nSPS) is 10.3. The highest BCUT2D eigenvalue weighted by Crippen LogP contribution is 2.19. The minimum Gasteiger partial charge on any atom is -0.507 e. The molecule has 3 nitrogen and oxygen atoms in total. The van der Waals surface area contributed by atoms with Crippen LogP contribution < -0.4 is 5.32 Å². The zero-order valence-electron chi connectivity index (χ0n) is 10.6. The molecule has 0 saturated heterocycles. The summed E-state index contributed by atoms with van der Waals surface area (Å²) in [4.78, 5) is 11.9. The van der Waals surface area contributed by atoms with Gasteiger partial charge in [-0.25, -0.2) is 4.39 Å². The molecule has 0 saturated carbocycles. The number of benzene rings is 2. The molecule has 2 rings (SSSR count). The summed E-state index contributed by atoms with van der Waals surface area (Å²) in [6.45, 7) is 0.382. The van der Waals surface area contributed by atoms with E-state index >= 15 is 0 Å². The van der Waals surface area contributed by atoms with E-state index in [2.05, 4.69) is 27.9 Å². The third kappa shape index (κ3) is 3.93. The maximum absolute atomic E-state index is 13.0. The third-order valence-corrected chi connectivity index (χ3v) is 3.46. The Labute approximate surface area is 130 Å². The lowest BCUT2D eigenvalue weighted by molar-refractivity contribution is 0.0951. The summed E-state index contributed by atoms with van der Waals surface area (Å²) in [5.74, 6) is -0.671. The Hall–Kier alpha value is -1.63. The van der Waals surface area contributed by atoms with E-state index in [0.717, 1.165) is 9.13 Å². The highest BCUT2D eigenvalue weighted by Gasteiger charge is 2.10. The van der Waals surface area contributed by atoms with Gasteiger partial charge in [0, 0.05) is 10.1 Å². The van der Waals surface area contributed by atoms with Crippen LogP contribution in [0.15, 0.2) is 42.5 Å². The minimum atomic E-state index is -0.336. The van der Waals surface area contributed by atoms with Gasteiger partial charge in [-0.3, -0.25) is 4.79 Å². The monoisotopic (exact) mass is 385 g/mol. The number of halogens is 2. The van der Waals surface area contributed by atoms with Crippen molar-refractivity contribution in [2.75, 3.05) is 6.54 Å². The number of hydrogen-bond donors (Lipinski definition) is 2. The molecular formula is C15H13FINO2. The summed E-state index contributed by atoms with van der Waals surface area (Å²) in [7, 11) is 0. The van der Waals surface area contributed by atoms with Crippen molar-refractivity contribution < 1.29 is 14.3 Å². The van der Waals surface area contributed by atoms with Crippen molar-refractivity contribution in [1.29, 1.82) is 0 Å². The number of amides is 1. The largest absolute Gasteiger partial charge is 0.507 e. The minimum absolute atomic E-state index is 0.0475. The van der Waals surface area contributed by atoms with Crippen LogP contribution in [0.5, 0.6) is 5.75 Å². The first-order chi connectivity index (χ1) is 9.56. The van der Waals surface area contributed by atoms with Gasteiger partial charge in [0.1, 0.15) is 11.6 Å². The number of rotatable bonds is 4. The van der Waals surface area contributed by atoms with Gasteiger partial charge in [-0.05, 0) is 64.9 Å². The van der Waals surface area contributed by atoms with Gasteiger partial charge >= 0.3 is 0 Å². The van der Waals surface area contributed by atoms with E-state index in [1.807, 2.05) is 0 Å². The van der Waals surface area contributed by atoms with E-state index in [1.165, 1.54) is 18.2 Å². The van der Waals surface area contributed by atoms with E-state index in [4.69, 9.17) is 0 Å². The summed E-state index contributed by atoms with van der Waals surface area (Å²) in [6.07, 6.45) is 0.536. The fourth-order valence-electron chi connectivity index (χ4n) is 1.80. The van der Waals surface area contributed by atoms with Crippen molar-refractivity contribution in [3.05, 3.63) is 63.0 Å². The number of aromatic hydroxyl groups is 1. The van der Waals surface area contributed by atoms with Crippen LogP contribution >= 0.6 is 22.6 Å². The predicted molar refractivity (Wildman–Crippen MR) is 83.3 cm³/mol. The maximum atomic E-state index is 13.0. The molecule has 0 aliphatic heterocycles. The lowest BCUT2D eigenvalue weighted by Gasteiger charge is -2.07. The van der Waals surface area contributed by atoms with Crippen LogP contribution in [0.3, 0.4) is 0 Å². The fraction of sp³-hybridized carbons (Fsp3) is 0.133. The van der Waals surface area contributed by atoms with Crippen molar-refractivity contribution in [3.8, 4) is 5.75 Å². The molecule has 0 aromatic heterocycles. The van der Waals surface area contributed by atoms with Crippen LogP contribution in [0.2, 0.25) is 0 Å². The first kappa shape index (κ1) is 14.8. The molecule has 0 radical (unpaired) electrons. The predicted octanol–water partition coefficient (Wildman–Crippen LogP) is 3.11. The average molecular weight is 385 g/mol. The van der Waals surface area contributed by atoms with Crippen LogP contribution in [0.1, 0.15) is 15.9 Å². The summed E-state index contributed by atoms with van der Waals surface area (Å²) >= 11 is 2.07. The highest BCUT2D eigenvalue weighted by molar-refractivity contribution is 14.1. The Balaban J connectivity index is 1.94. The van der Waals surface area contributed by atoms with E-state index in [1.54, 1.807) is 24.3 Å². The van der Waals surface area contributed by atoms with Crippen molar-refractivity contribution >= 4 is 28.5 Å². The molecule has 2 aromatic rings. The number of phenolic OH excluding ortho intramolecular Hbond substituents is 1. The molecule has 0 bridgehead atoms. The first-order valence-corrected chi connectivity index (χ1v) is 7.15. The molecule has 0 aliphatic rings. The fourth-order valence-corrected chi connectivity index (χ4v) is 2.29. The van der Waals surface area contributed by atoms with Crippen LogP contribution in [0.25, 0.3) is 0 Å². The van der Waals surface area contributed by atoms with Gasteiger partial charge in [0.25, 0.3) is 5.91 Å². The molecular weight excluding hydrogens is 372 g/mol. The number of carbonyl (C=O) groups is 1. The van der Waals surface area contributed by atoms with Gasteiger partial charge in [0.2, 0.25) is 0 Å². The third-order valence-electron chi connectivity index (χ3n) is 2.79. The summed E-state index contributed by atoms with van der Waals surface area (Å²) in [6, 6.07) is 11.1. The SMILES string of the molecule is O=C(NCCc1cccc(F)c1)c1cc(I)ccc1O. The molecule has 0 unspecified atom stereocenters. The number of phenols is 1. The van der Waals surface area contributed by atoms with Gasteiger partial charge in [-0.15, -0.1) is 0 Å². The van der Waals surface area contributed by atoms with Crippen molar-refractivity contribution in [2.45, 2.75) is 6.42 Å². The molecule has 2 aromatic carbocycles. The van der Waals surface area contributed by atoms with Crippen molar-refractivity contribution in [3.63, 3.8) is 0 Å². The smallest absolute Gasteiger partial charge is 0.255 e. The second kappa shape index (κ2) is 6.69. The van der Waals surface area contributed by atoms with Gasteiger partial charge < -0.3 is 10.4 Å². The first-order valence-electron chi connectivity index (χ1n) is 6.07. The van der Waals surface area contributed by atoms with E-state index in [9.17, 15) is 14.3 Å². The van der Waals surface area contributed by atoms with E-state index in [-0.39, 0.29) is 23.0 Å². The van der Waals surface area contributed by atoms with Crippen molar-refractivity contribution in [2.24, 2.45) is 0 Å². The standard InChI is InChI=1S/C15H13FINO2/c16-11-3-1-2-10(8-11)6-7-18-15(20)13-9-12(17)4-5-14(13)19/h1-5,8-9,19H,6-7H2,(H,18,20). The number of hydrogen-bond acceptors (Lipinski definition) is 2. The molecule has 104 valence electrons. The van der Waals surface area contributed by atoms with Crippen LogP contribution in [0, 0.1) is 9.39 Å². The Morgan fingerprint density at radius 1 is 1.25 bits per heavy atom. The molecule has 0 aliphatic carbocycles. The average Bonchev–Trinajstić information content (AvgIpc) is 2.41. The van der Waals surface area contributed by atoms with Gasteiger partial charge in [-0.2, -0.15) is 0 Å². The van der Waals surface area contributed by atoms with Crippen molar-refractivity contribution in [1.82, 2.24) is 5.32 Å². The summed E-state index contributed by atoms with van der Waals surface area (Å²) in [5.41, 5.74) is 1.06. The Morgan fingerprint density at radius 3 is 2.80 bits per heavy atom. The zero-order valence-corrected chi connectivity index (χ0v) is 12.7. The quantitative estimate of drug-likeness (QED) is 0.795. The lowest BCUT2D eigenvalue weighted by atomic mass is 10.1. The molecule has 0 fully saturated rings. The van der Waals surface area contributed by atoms with Gasteiger partial charge in [0.05, 0.1) is 5.56 Å². The molecule has 0 heterocycles. The van der Waals surface area contributed by atoms with E-state index < -0.39 is 0 Å². The summed E-state index contributed by atoms with van der Waals surface area (Å²) < 4.78 is 13.9. The number of carbonyl (C=O) groups excluding carboxylic acids is 1. The van der Waals surface area contributed by atoms with Crippen LogP contribution in [0.4, 0.5) is 4.39 Å². The molecule has 20 heavy (non-hydrogen) atoms. The maximum Gasteiger partial charge on any atom is 0.255 e. The second-order valence-corrected chi connectivity index (χ2v) is 5.54. The Bertz CT molecular complexity index is 631. The Kier molecular flexibility index (Phi) is 4.94. The topological polar surface area (TPSA) is 49.3 Å². The number of nitrogens with one attached hydrogen (secondary N) is 1. The van der Waals surface area contributed by atoms with Crippen LogP contribution in [-0.4, -0.2) is 17.6 Å². The molecule has 2 N–H and O–H groups in total. The molecule has 5 heteroatoms. The molecule has 0 spiro atoms. The Morgan fingerprint density at radius 2 is 2.05 bits per heavy atom. The highest BCUT2D eigenvalue weighted by atomic mass is 127. The molecule has 0 atom stereocenters. The van der Waals surface area contributed by atoms with Crippen LogP contribution in [-0.2, 0) is 6.42 Å². The molecule has 1 amide bonds. The zero-order chi connectivity index (χ0) is 14.5. The van der Waals surface area contributed by atoms with E-state index in [0.29, 0.717) is 13.0 Å². The summed E-state index contributed by atoms with van der Waals surface area (Å²) in [5, 5.41) is 12.4. The second-order valence-electron chi connectivity index (χ2n) is 4.30. The van der Waals surface area contributed by atoms with Gasteiger partial charge in [-0.1, -0.05) is 12.1 Å². The lowest BCUT2D eigenvalue weighted by Crippen LogP contribution is -2.25. The van der Waals surface area contributed by atoms with Gasteiger partial charge in [0.15, 0.2) is 0 Å².